The normalized spacial score (nSPS) is 14.0. The van der Waals surface area contributed by atoms with Crippen molar-refractivity contribution < 1.29 is 29.7 Å². The van der Waals surface area contributed by atoms with Crippen molar-refractivity contribution in [3.63, 3.8) is 0 Å². The van der Waals surface area contributed by atoms with E-state index in [2.05, 4.69) is 84.7 Å². The Morgan fingerprint density at radius 1 is 0.844 bits per heavy atom. The number of pyridine rings is 1. The van der Waals surface area contributed by atoms with E-state index in [-0.39, 0.29) is 0 Å². The molecule has 0 saturated heterocycles. The van der Waals surface area contributed by atoms with Crippen molar-refractivity contribution in [2.24, 2.45) is 0 Å². The molecule has 1 aromatic carbocycles. The Labute approximate surface area is 183 Å². The van der Waals surface area contributed by atoms with Crippen LogP contribution in [0.15, 0.2) is 55.0 Å². The molecule has 1 N–H and O–H groups in total. The quantitative estimate of drug-likeness (QED) is 0.216. The number of aryl methyl sites for hydroxylation is 1. The van der Waals surface area contributed by atoms with Crippen LogP contribution in [0.1, 0.15) is 56.6 Å². The van der Waals surface area contributed by atoms with Crippen LogP contribution in [0, 0.1) is 0 Å². The van der Waals surface area contributed by atoms with E-state index in [0.717, 1.165) is 13.0 Å². The molecule has 178 valence electrons. The van der Waals surface area contributed by atoms with E-state index in [1.54, 1.807) is 6.33 Å². The molecular formula is C22H28F6N3P. The first-order valence-corrected chi connectivity index (χ1v) is 12.2. The molecule has 0 unspecified atom stereocenters. The van der Waals surface area contributed by atoms with E-state index < -0.39 is 7.81 Å². The summed E-state index contributed by atoms with van der Waals surface area (Å²) in [5.74, 6) is 0.950. The number of benzene rings is 1. The van der Waals surface area contributed by atoms with E-state index in [0.29, 0.717) is 11.8 Å². The van der Waals surface area contributed by atoms with Crippen molar-refractivity contribution in [2.45, 2.75) is 52.5 Å². The molecule has 3 aromatic rings. The summed E-state index contributed by atoms with van der Waals surface area (Å²) in [6, 6.07) is 15.4. The second-order valence-corrected chi connectivity index (χ2v) is 10.1. The zero-order valence-corrected chi connectivity index (χ0v) is 19.3. The van der Waals surface area contributed by atoms with Gasteiger partial charge in [0.15, 0.2) is 17.9 Å². The molecular weight excluding hydrogens is 451 g/mol. The number of hydrogen-bond acceptors (Lipinski definition) is 1. The Kier molecular flexibility index (Phi) is 7.15. The van der Waals surface area contributed by atoms with Gasteiger partial charge in [0.2, 0.25) is 0 Å². The average molecular weight is 479 g/mol. The van der Waals surface area contributed by atoms with Gasteiger partial charge in [-0.1, -0.05) is 58.0 Å². The summed E-state index contributed by atoms with van der Waals surface area (Å²) >= 11 is 0. The Morgan fingerprint density at radius 3 is 1.75 bits per heavy atom. The van der Waals surface area contributed by atoms with Crippen LogP contribution in [0.25, 0.3) is 11.1 Å². The summed E-state index contributed by atoms with van der Waals surface area (Å²) < 4.78 is 61.7. The van der Waals surface area contributed by atoms with Crippen LogP contribution in [0.4, 0.5) is 25.2 Å². The van der Waals surface area contributed by atoms with Gasteiger partial charge in [0, 0.05) is 42.3 Å². The predicted octanol–water partition coefficient (Wildman–Crippen LogP) is 8.24. The molecule has 0 aliphatic heterocycles. The molecule has 0 fully saturated rings. The summed E-state index contributed by atoms with van der Waals surface area (Å²) in [5, 5.41) is 0. The first kappa shape index (κ1) is 25.8. The first-order valence-electron chi connectivity index (χ1n) is 10.2. The Balaban J connectivity index is 0.000000451. The molecule has 0 radical (unpaired) electrons. The third-order valence-electron chi connectivity index (χ3n) is 4.68. The van der Waals surface area contributed by atoms with Gasteiger partial charge >= 0.3 is 33.0 Å². The number of nitrogens with one attached hydrogen (secondary N) is 1. The van der Waals surface area contributed by atoms with Gasteiger partial charge < -0.3 is 4.98 Å². The maximum atomic E-state index is 9.87. The molecule has 0 atom stereocenters. The number of aromatic amines is 1. The van der Waals surface area contributed by atoms with Crippen LogP contribution >= 0.6 is 7.81 Å². The van der Waals surface area contributed by atoms with E-state index in [4.69, 9.17) is 0 Å². The van der Waals surface area contributed by atoms with Gasteiger partial charge in [-0.15, -0.1) is 0 Å². The van der Waals surface area contributed by atoms with Gasteiger partial charge in [0.25, 0.3) is 0 Å². The van der Waals surface area contributed by atoms with Crippen molar-refractivity contribution in [1.29, 1.82) is 0 Å². The zero-order valence-electron chi connectivity index (χ0n) is 18.4. The molecule has 3 nitrogen and oxygen atoms in total. The maximum absolute atomic E-state index is 10.7. The van der Waals surface area contributed by atoms with Gasteiger partial charge in [-0.25, -0.2) is 4.98 Å². The van der Waals surface area contributed by atoms with Gasteiger partial charge in [0.05, 0.1) is 6.33 Å². The summed E-state index contributed by atoms with van der Waals surface area (Å²) in [6.07, 6.45) is 4.64. The molecule has 10 heteroatoms. The third kappa shape index (κ3) is 9.39. The summed E-state index contributed by atoms with van der Waals surface area (Å²) in [6.45, 7) is 10.1. The fraction of sp³-hybridized carbons (Fsp3) is 0.364. The molecule has 32 heavy (non-hydrogen) atoms. The van der Waals surface area contributed by atoms with Crippen LogP contribution in [-0.2, 0) is 13.0 Å². The number of hydrogen-bond donors (Lipinski definition) is 1. The van der Waals surface area contributed by atoms with Crippen molar-refractivity contribution >= 4 is 7.81 Å². The number of halogens is 6. The number of H-pyrrole nitrogens is 1. The van der Waals surface area contributed by atoms with Crippen molar-refractivity contribution in [3.05, 3.63) is 72.1 Å². The Hall–Kier alpha value is -2.41. The fourth-order valence-corrected chi connectivity index (χ4v) is 3.33. The second kappa shape index (κ2) is 8.85. The Bertz CT molecular complexity index is 975. The second-order valence-electron chi connectivity index (χ2n) is 8.21. The van der Waals surface area contributed by atoms with Crippen LogP contribution in [0.5, 0.6) is 0 Å². The number of nitrogens with zero attached hydrogens (tertiary/aromatic N) is 2. The van der Waals surface area contributed by atoms with Crippen LogP contribution in [0.2, 0.25) is 0 Å². The summed E-state index contributed by atoms with van der Waals surface area (Å²) in [4.78, 5) is 7.36. The molecule has 0 aliphatic rings. The fourth-order valence-electron chi connectivity index (χ4n) is 3.33. The molecule has 0 saturated carbocycles. The topological polar surface area (TPSA) is 32.6 Å². The van der Waals surface area contributed by atoms with E-state index in [9.17, 15) is 25.2 Å². The average Bonchev–Trinajstić information content (AvgIpc) is 3.17. The zero-order chi connectivity index (χ0) is 24.2. The predicted molar refractivity (Wildman–Crippen MR) is 116 cm³/mol. The van der Waals surface area contributed by atoms with Crippen LogP contribution in [0.3, 0.4) is 0 Å². The van der Waals surface area contributed by atoms with E-state index in [1.165, 1.54) is 28.2 Å². The number of imidazole rings is 1. The molecule has 0 bridgehead atoms. The summed E-state index contributed by atoms with van der Waals surface area (Å²) in [5.41, 5.74) is 6.57. The van der Waals surface area contributed by atoms with Gasteiger partial charge in [-0.2, -0.15) is 4.57 Å². The SMILES string of the molecule is CC(C)c1cc(-c2ccccc2)cc(C(C)C)[n+]1CCc1cnc[nH]1.F[P-](F)(F)(F)(F)F. The van der Waals surface area contributed by atoms with E-state index >= 15 is 0 Å². The molecule has 0 aliphatic carbocycles. The van der Waals surface area contributed by atoms with Crippen molar-refractivity contribution in [2.75, 3.05) is 0 Å². The summed E-state index contributed by atoms with van der Waals surface area (Å²) in [7, 11) is -10.7. The van der Waals surface area contributed by atoms with Gasteiger partial charge in [0.1, 0.15) is 0 Å². The third-order valence-corrected chi connectivity index (χ3v) is 4.68. The minimum atomic E-state index is -10.7. The van der Waals surface area contributed by atoms with Crippen LogP contribution < -0.4 is 4.57 Å². The van der Waals surface area contributed by atoms with Gasteiger partial charge in [-0.05, 0) is 11.1 Å². The monoisotopic (exact) mass is 479 g/mol. The number of aromatic nitrogens is 3. The molecule has 0 spiro atoms. The molecule has 2 aromatic heterocycles. The van der Waals surface area contributed by atoms with E-state index in [1.807, 2.05) is 6.20 Å². The minimum absolute atomic E-state index is 0.475. The standard InChI is InChI=1S/C22H28N3.F6P/c1-16(2)21-12-19(18-8-6-5-7-9-18)13-22(17(3)4)25(21)11-10-20-14-23-15-24-20;1-7(2,3,4,5)6/h5-9,12-17H,10-11H2,1-4H3,(H,23,24);/q+1;-1. The Morgan fingerprint density at radius 2 is 1.34 bits per heavy atom. The van der Waals surface area contributed by atoms with Gasteiger partial charge in [-0.3, -0.25) is 0 Å². The number of rotatable bonds is 6. The molecule has 0 amide bonds. The van der Waals surface area contributed by atoms with Crippen molar-refractivity contribution in [1.82, 2.24) is 9.97 Å². The van der Waals surface area contributed by atoms with Crippen LogP contribution in [-0.4, -0.2) is 9.97 Å². The van der Waals surface area contributed by atoms with Crippen molar-refractivity contribution in [3.8, 4) is 11.1 Å². The first-order chi connectivity index (χ1) is 14.5. The molecule has 2 heterocycles. The molecule has 3 rings (SSSR count).